The van der Waals surface area contributed by atoms with Gasteiger partial charge in [-0.15, -0.1) is 0 Å². The molecule has 1 unspecified atom stereocenters. The molecule has 0 bridgehead atoms. The molecule has 1 amide bonds. The second-order valence-electron chi connectivity index (χ2n) is 6.61. The van der Waals surface area contributed by atoms with Crippen molar-refractivity contribution in [1.82, 2.24) is 0 Å². The van der Waals surface area contributed by atoms with Gasteiger partial charge in [0.2, 0.25) is 0 Å². The van der Waals surface area contributed by atoms with Gasteiger partial charge in [0.1, 0.15) is 0 Å². The average Bonchev–Trinajstić information content (AvgIpc) is 2.67. The van der Waals surface area contributed by atoms with Crippen LogP contribution in [0.25, 0.3) is 0 Å². The number of rotatable bonds is 7. The summed E-state index contributed by atoms with van der Waals surface area (Å²) in [7, 11) is 1.41. The molecule has 0 spiro atoms. The van der Waals surface area contributed by atoms with Gasteiger partial charge in [0.25, 0.3) is 5.91 Å². The number of benzene rings is 2. The fraction of sp³-hybridized carbons (Fsp3) is 0.333. The highest BCUT2D eigenvalue weighted by atomic mass is 19.4. The third kappa shape index (κ3) is 5.88. The lowest BCUT2D eigenvalue weighted by atomic mass is 10.1. The SMILES string of the molecule is COc1cc(C(=O)OC(C)C(=O)Nc2ccccc2C(F)(F)F)ccc1OC(C)C. The number of alkyl halides is 3. The van der Waals surface area contributed by atoms with E-state index in [1.54, 1.807) is 0 Å². The van der Waals surface area contributed by atoms with E-state index in [9.17, 15) is 22.8 Å². The molecule has 2 aromatic rings. The zero-order chi connectivity index (χ0) is 22.5. The monoisotopic (exact) mass is 425 g/mol. The van der Waals surface area contributed by atoms with Crippen molar-refractivity contribution in [3.63, 3.8) is 0 Å². The lowest BCUT2D eigenvalue weighted by Crippen LogP contribution is -2.30. The highest BCUT2D eigenvalue weighted by Gasteiger charge is 2.34. The van der Waals surface area contributed by atoms with Crippen LogP contribution in [0.4, 0.5) is 18.9 Å². The average molecular weight is 425 g/mol. The van der Waals surface area contributed by atoms with Crippen molar-refractivity contribution < 1.29 is 37.0 Å². The Morgan fingerprint density at radius 2 is 1.67 bits per heavy atom. The van der Waals surface area contributed by atoms with E-state index in [1.165, 1.54) is 44.4 Å². The van der Waals surface area contributed by atoms with Crippen LogP contribution >= 0.6 is 0 Å². The van der Waals surface area contributed by atoms with Crippen LogP contribution in [0.3, 0.4) is 0 Å². The Hall–Kier alpha value is -3.23. The van der Waals surface area contributed by atoms with E-state index >= 15 is 0 Å². The molecule has 0 fully saturated rings. The fourth-order valence-corrected chi connectivity index (χ4v) is 2.50. The number of hydrogen-bond acceptors (Lipinski definition) is 5. The molecule has 9 heteroatoms. The van der Waals surface area contributed by atoms with E-state index in [2.05, 4.69) is 5.32 Å². The van der Waals surface area contributed by atoms with Crippen molar-refractivity contribution in [1.29, 1.82) is 0 Å². The summed E-state index contributed by atoms with van der Waals surface area (Å²) in [4.78, 5) is 24.6. The van der Waals surface area contributed by atoms with E-state index in [1.807, 2.05) is 13.8 Å². The molecule has 162 valence electrons. The number of halogens is 3. The minimum atomic E-state index is -4.64. The summed E-state index contributed by atoms with van der Waals surface area (Å²) in [6.45, 7) is 4.93. The van der Waals surface area contributed by atoms with E-state index < -0.39 is 35.4 Å². The number of carbonyl (C=O) groups excluding carboxylic acids is 2. The molecule has 1 atom stereocenters. The molecule has 1 N–H and O–H groups in total. The van der Waals surface area contributed by atoms with Gasteiger partial charge in [-0.25, -0.2) is 4.79 Å². The molecule has 0 saturated carbocycles. The van der Waals surface area contributed by atoms with Crippen LogP contribution in [0.1, 0.15) is 36.7 Å². The van der Waals surface area contributed by atoms with Crippen molar-refractivity contribution in [2.45, 2.75) is 39.2 Å². The smallest absolute Gasteiger partial charge is 0.418 e. The molecular formula is C21H22F3NO5. The summed E-state index contributed by atoms with van der Waals surface area (Å²) < 4.78 is 55.0. The van der Waals surface area contributed by atoms with E-state index in [4.69, 9.17) is 14.2 Å². The van der Waals surface area contributed by atoms with Gasteiger partial charge in [-0.1, -0.05) is 12.1 Å². The molecule has 0 aliphatic heterocycles. The second kappa shape index (κ2) is 9.51. The highest BCUT2D eigenvalue weighted by molar-refractivity contribution is 5.98. The Bertz CT molecular complexity index is 912. The minimum Gasteiger partial charge on any atom is -0.493 e. The number of amides is 1. The van der Waals surface area contributed by atoms with Crippen LogP contribution in [-0.2, 0) is 15.7 Å². The molecule has 0 aliphatic carbocycles. The number of ether oxygens (including phenoxy) is 3. The molecule has 0 heterocycles. The summed E-state index contributed by atoms with van der Waals surface area (Å²) in [6.07, 6.45) is -6.09. The van der Waals surface area contributed by atoms with E-state index in [-0.39, 0.29) is 11.7 Å². The van der Waals surface area contributed by atoms with Gasteiger partial charge in [-0.3, -0.25) is 4.79 Å². The maximum Gasteiger partial charge on any atom is 0.418 e. The lowest BCUT2D eigenvalue weighted by Gasteiger charge is -2.17. The highest BCUT2D eigenvalue weighted by Crippen LogP contribution is 2.34. The first-order valence-corrected chi connectivity index (χ1v) is 9.05. The van der Waals surface area contributed by atoms with Crippen molar-refractivity contribution >= 4 is 17.6 Å². The van der Waals surface area contributed by atoms with Gasteiger partial charge in [0, 0.05) is 0 Å². The van der Waals surface area contributed by atoms with Crippen LogP contribution in [0.5, 0.6) is 11.5 Å². The van der Waals surface area contributed by atoms with Gasteiger partial charge >= 0.3 is 12.1 Å². The van der Waals surface area contributed by atoms with Gasteiger partial charge in [-0.2, -0.15) is 13.2 Å². The quantitative estimate of drug-likeness (QED) is 0.652. The number of hydrogen-bond donors (Lipinski definition) is 1. The number of methoxy groups -OCH3 is 1. The van der Waals surface area contributed by atoms with Gasteiger partial charge in [-0.05, 0) is 51.1 Å². The predicted octanol–water partition coefficient (Wildman–Crippen LogP) is 4.69. The Morgan fingerprint density at radius 1 is 1.00 bits per heavy atom. The third-order valence-corrected chi connectivity index (χ3v) is 3.91. The van der Waals surface area contributed by atoms with Crippen molar-refractivity contribution in [3.8, 4) is 11.5 Å². The standard InChI is InChI=1S/C21H22F3NO5/c1-12(2)29-17-10-9-14(11-18(17)28-4)20(27)30-13(3)19(26)25-16-8-6-5-7-15(16)21(22,23)24/h5-13H,1-4H3,(H,25,26). The predicted molar refractivity (Wildman–Crippen MR) is 104 cm³/mol. The molecule has 6 nitrogen and oxygen atoms in total. The van der Waals surface area contributed by atoms with Crippen LogP contribution in [0, 0.1) is 0 Å². The summed E-state index contributed by atoms with van der Waals surface area (Å²) in [5.74, 6) is -1.00. The maximum absolute atomic E-state index is 13.1. The first-order valence-electron chi connectivity index (χ1n) is 9.05. The van der Waals surface area contributed by atoms with Crippen LogP contribution in [0.2, 0.25) is 0 Å². The van der Waals surface area contributed by atoms with Crippen molar-refractivity contribution in [2.24, 2.45) is 0 Å². The van der Waals surface area contributed by atoms with Gasteiger partial charge in [0.05, 0.1) is 30.0 Å². The zero-order valence-electron chi connectivity index (χ0n) is 16.9. The first kappa shape index (κ1) is 23.1. The minimum absolute atomic E-state index is 0.0956. The molecule has 30 heavy (non-hydrogen) atoms. The molecule has 0 aromatic heterocycles. The van der Waals surface area contributed by atoms with Crippen molar-refractivity contribution in [3.05, 3.63) is 53.6 Å². The summed E-state index contributed by atoms with van der Waals surface area (Å²) in [6, 6.07) is 8.89. The molecule has 2 rings (SSSR count). The number of para-hydroxylation sites is 1. The van der Waals surface area contributed by atoms with E-state index in [0.717, 1.165) is 12.1 Å². The summed E-state index contributed by atoms with van der Waals surface area (Å²) in [5.41, 5.74) is -1.32. The molecule has 0 aliphatic rings. The Morgan fingerprint density at radius 3 is 2.27 bits per heavy atom. The van der Waals surface area contributed by atoms with Crippen LogP contribution in [0.15, 0.2) is 42.5 Å². The largest absolute Gasteiger partial charge is 0.493 e. The Kier molecular flexibility index (Phi) is 7.31. The molecular weight excluding hydrogens is 403 g/mol. The maximum atomic E-state index is 13.1. The normalized spacial score (nSPS) is 12.3. The summed E-state index contributed by atoms with van der Waals surface area (Å²) >= 11 is 0. The number of esters is 1. The Labute approximate surface area is 171 Å². The summed E-state index contributed by atoms with van der Waals surface area (Å²) in [5, 5.41) is 2.15. The lowest BCUT2D eigenvalue weighted by molar-refractivity contribution is -0.137. The molecule has 2 aromatic carbocycles. The topological polar surface area (TPSA) is 73.9 Å². The third-order valence-electron chi connectivity index (χ3n) is 3.91. The molecule has 0 saturated heterocycles. The van der Waals surface area contributed by atoms with Gasteiger partial charge in [0.15, 0.2) is 17.6 Å². The van der Waals surface area contributed by atoms with Crippen molar-refractivity contribution in [2.75, 3.05) is 12.4 Å². The second-order valence-corrected chi connectivity index (χ2v) is 6.61. The van der Waals surface area contributed by atoms with E-state index in [0.29, 0.717) is 11.5 Å². The Balaban J connectivity index is 2.10. The number of nitrogens with one attached hydrogen (secondary N) is 1. The fourth-order valence-electron chi connectivity index (χ4n) is 2.50. The van der Waals surface area contributed by atoms with Crippen LogP contribution < -0.4 is 14.8 Å². The molecule has 0 radical (unpaired) electrons. The number of anilines is 1. The van der Waals surface area contributed by atoms with Crippen LogP contribution in [-0.4, -0.2) is 31.2 Å². The number of carbonyl (C=O) groups is 2. The first-order chi connectivity index (χ1) is 14.0. The van der Waals surface area contributed by atoms with Gasteiger partial charge < -0.3 is 19.5 Å². The zero-order valence-corrected chi connectivity index (χ0v) is 16.9.